The van der Waals surface area contributed by atoms with E-state index in [-0.39, 0.29) is 0 Å². The van der Waals surface area contributed by atoms with Gasteiger partial charge in [-0.1, -0.05) is 6.07 Å². The molecule has 0 aliphatic carbocycles. The number of nitrogens with zero attached hydrogens (tertiary/aromatic N) is 1. The summed E-state index contributed by atoms with van der Waals surface area (Å²) >= 11 is 0. The molecule has 0 N–H and O–H groups in total. The quantitative estimate of drug-likeness (QED) is 0.664. The molecule has 0 spiro atoms. The molecule has 0 heterocycles. The third-order valence-corrected chi connectivity index (χ3v) is 1.77. The molecule has 0 aliphatic rings. The van der Waals surface area contributed by atoms with Crippen molar-refractivity contribution < 1.29 is 4.74 Å². The van der Waals surface area contributed by atoms with Crippen molar-refractivity contribution in [2.24, 2.45) is 0 Å². The predicted octanol–water partition coefficient (Wildman–Crippen LogP) is 2.01. The highest BCUT2D eigenvalue weighted by atomic mass is 16.5. The minimum atomic E-state index is 0.609. The SMILES string of the molecule is COCc1ccc(C#N)cc1C. The zero-order valence-electron chi connectivity index (χ0n) is 7.29. The van der Waals surface area contributed by atoms with Gasteiger partial charge in [-0.15, -0.1) is 0 Å². The average molecular weight is 161 g/mol. The van der Waals surface area contributed by atoms with E-state index in [1.54, 1.807) is 13.2 Å². The first-order valence-corrected chi connectivity index (χ1v) is 3.76. The Morgan fingerprint density at radius 2 is 2.25 bits per heavy atom. The van der Waals surface area contributed by atoms with Crippen LogP contribution in [-0.4, -0.2) is 7.11 Å². The molecule has 0 atom stereocenters. The molecule has 1 rings (SSSR count). The number of hydrogen-bond donors (Lipinski definition) is 0. The number of hydrogen-bond acceptors (Lipinski definition) is 2. The molecule has 0 saturated carbocycles. The highest BCUT2D eigenvalue weighted by Crippen LogP contribution is 2.10. The molecule has 0 amide bonds. The van der Waals surface area contributed by atoms with Crippen molar-refractivity contribution in [2.45, 2.75) is 13.5 Å². The fourth-order valence-corrected chi connectivity index (χ4v) is 1.08. The van der Waals surface area contributed by atoms with Gasteiger partial charge < -0.3 is 4.74 Å². The van der Waals surface area contributed by atoms with Crippen LogP contribution in [0.2, 0.25) is 0 Å². The highest BCUT2D eigenvalue weighted by Gasteiger charge is 1.98. The second kappa shape index (κ2) is 3.89. The molecule has 0 bridgehead atoms. The lowest BCUT2D eigenvalue weighted by molar-refractivity contribution is 0.184. The van der Waals surface area contributed by atoms with Gasteiger partial charge >= 0.3 is 0 Å². The molecule has 12 heavy (non-hydrogen) atoms. The van der Waals surface area contributed by atoms with Gasteiger partial charge in [0.25, 0.3) is 0 Å². The number of rotatable bonds is 2. The summed E-state index contributed by atoms with van der Waals surface area (Å²) in [5.74, 6) is 0. The lowest BCUT2D eigenvalue weighted by Gasteiger charge is -2.03. The Kier molecular flexibility index (Phi) is 2.84. The first kappa shape index (κ1) is 8.76. The Morgan fingerprint density at radius 1 is 1.50 bits per heavy atom. The standard InChI is InChI=1S/C10H11NO/c1-8-5-9(6-11)3-4-10(8)7-12-2/h3-5H,7H2,1-2H3. The number of nitriles is 1. The molecule has 0 unspecified atom stereocenters. The molecule has 0 fully saturated rings. The Bertz CT molecular complexity index is 312. The van der Waals surface area contributed by atoms with Gasteiger partial charge in [0.2, 0.25) is 0 Å². The molecule has 2 heteroatoms. The van der Waals surface area contributed by atoms with Crippen molar-refractivity contribution >= 4 is 0 Å². The van der Waals surface area contributed by atoms with E-state index in [9.17, 15) is 0 Å². The predicted molar refractivity (Wildman–Crippen MR) is 46.6 cm³/mol. The van der Waals surface area contributed by atoms with E-state index in [0.29, 0.717) is 12.2 Å². The molecule has 0 saturated heterocycles. The summed E-state index contributed by atoms with van der Waals surface area (Å²) < 4.78 is 5.00. The van der Waals surface area contributed by atoms with Crippen LogP contribution in [0.3, 0.4) is 0 Å². The average Bonchev–Trinajstić information content (AvgIpc) is 2.09. The molecule has 0 radical (unpaired) electrons. The largest absolute Gasteiger partial charge is 0.380 e. The summed E-state index contributed by atoms with van der Waals surface area (Å²) in [6.45, 7) is 2.59. The zero-order chi connectivity index (χ0) is 8.97. The Morgan fingerprint density at radius 3 is 2.75 bits per heavy atom. The molecular formula is C10H11NO. The van der Waals surface area contributed by atoms with Crippen LogP contribution in [0.5, 0.6) is 0 Å². The smallest absolute Gasteiger partial charge is 0.0991 e. The van der Waals surface area contributed by atoms with Gasteiger partial charge in [-0.05, 0) is 30.2 Å². The van der Waals surface area contributed by atoms with E-state index in [1.807, 2.05) is 19.1 Å². The summed E-state index contributed by atoms with van der Waals surface area (Å²) in [6.07, 6.45) is 0. The van der Waals surface area contributed by atoms with Crippen molar-refractivity contribution in [2.75, 3.05) is 7.11 Å². The van der Waals surface area contributed by atoms with Crippen LogP contribution in [0, 0.1) is 18.3 Å². The van der Waals surface area contributed by atoms with Gasteiger partial charge in [0.15, 0.2) is 0 Å². The van der Waals surface area contributed by atoms with Crippen molar-refractivity contribution in [1.82, 2.24) is 0 Å². The summed E-state index contributed by atoms with van der Waals surface area (Å²) in [7, 11) is 1.66. The highest BCUT2D eigenvalue weighted by molar-refractivity contribution is 5.37. The van der Waals surface area contributed by atoms with E-state index in [4.69, 9.17) is 10.00 Å². The lowest BCUT2D eigenvalue weighted by Crippen LogP contribution is -1.91. The third kappa shape index (κ3) is 1.84. The molecular weight excluding hydrogens is 150 g/mol. The monoisotopic (exact) mass is 161 g/mol. The van der Waals surface area contributed by atoms with E-state index >= 15 is 0 Å². The van der Waals surface area contributed by atoms with Crippen molar-refractivity contribution in [3.8, 4) is 6.07 Å². The zero-order valence-corrected chi connectivity index (χ0v) is 7.29. The Hall–Kier alpha value is -1.33. The van der Waals surface area contributed by atoms with E-state index in [1.165, 1.54) is 0 Å². The fourth-order valence-electron chi connectivity index (χ4n) is 1.08. The second-order valence-electron chi connectivity index (χ2n) is 2.69. The van der Waals surface area contributed by atoms with Crippen LogP contribution in [-0.2, 0) is 11.3 Å². The van der Waals surface area contributed by atoms with Crippen molar-refractivity contribution in [3.05, 3.63) is 34.9 Å². The molecule has 1 aromatic rings. The van der Waals surface area contributed by atoms with Crippen LogP contribution in [0.25, 0.3) is 0 Å². The van der Waals surface area contributed by atoms with Crippen LogP contribution < -0.4 is 0 Å². The summed E-state index contributed by atoms with van der Waals surface area (Å²) in [6, 6.07) is 7.70. The lowest BCUT2D eigenvalue weighted by atomic mass is 10.1. The van der Waals surface area contributed by atoms with E-state index < -0.39 is 0 Å². The number of aryl methyl sites for hydroxylation is 1. The van der Waals surface area contributed by atoms with Crippen molar-refractivity contribution in [1.29, 1.82) is 5.26 Å². The maximum absolute atomic E-state index is 8.60. The van der Waals surface area contributed by atoms with Crippen LogP contribution >= 0.6 is 0 Å². The second-order valence-corrected chi connectivity index (χ2v) is 2.69. The third-order valence-electron chi connectivity index (χ3n) is 1.77. The minimum Gasteiger partial charge on any atom is -0.380 e. The van der Waals surface area contributed by atoms with E-state index in [0.717, 1.165) is 11.1 Å². The molecule has 0 aliphatic heterocycles. The molecule has 2 nitrogen and oxygen atoms in total. The van der Waals surface area contributed by atoms with Crippen LogP contribution in [0.15, 0.2) is 18.2 Å². The topological polar surface area (TPSA) is 33.0 Å². The van der Waals surface area contributed by atoms with Crippen molar-refractivity contribution in [3.63, 3.8) is 0 Å². The maximum atomic E-state index is 8.60. The van der Waals surface area contributed by atoms with Gasteiger partial charge in [0, 0.05) is 7.11 Å². The van der Waals surface area contributed by atoms with Crippen LogP contribution in [0.4, 0.5) is 0 Å². The molecule has 1 aromatic carbocycles. The molecule has 62 valence electrons. The summed E-state index contributed by atoms with van der Waals surface area (Å²) in [5, 5.41) is 8.60. The fraction of sp³-hybridized carbons (Fsp3) is 0.300. The summed E-state index contributed by atoms with van der Waals surface area (Å²) in [5.41, 5.74) is 2.94. The first-order valence-electron chi connectivity index (χ1n) is 3.76. The van der Waals surface area contributed by atoms with Crippen LogP contribution in [0.1, 0.15) is 16.7 Å². The Balaban J connectivity index is 2.97. The number of ether oxygens (including phenoxy) is 1. The summed E-state index contributed by atoms with van der Waals surface area (Å²) in [4.78, 5) is 0. The number of benzene rings is 1. The maximum Gasteiger partial charge on any atom is 0.0991 e. The first-order chi connectivity index (χ1) is 5.77. The number of methoxy groups -OCH3 is 1. The minimum absolute atomic E-state index is 0.609. The van der Waals surface area contributed by atoms with Gasteiger partial charge in [-0.25, -0.2) is 0 Å². The Labute approximate surface area is 72.4 Å². The van der Waals surface area contributed by atoms with Gasteiger partial charge in [-0.3, -0.25) is 0 Å². The van der Waals surface area contributed by atoms with Gasteiger partial charge in [0.05, 0.1) is 18.2 Å². The molecule has 0 aromatic heterocycles. The van der Waals surface area contributed by atoms with E-state index in [2.05, 4.69) is 6.07 Å². The normalized spacial score (nSPS) is 9.42. The van der Waals surface area contributed by atoms with Gasteiger partial charge in [0.1, 0.15) is 0 Å². The van der Waals surface area contributed by atoms with Gasteiger partial charge in [-0.2, -0.15) is 5.26 Å².